The van der Waals surface area contributed by atoms with Gasteiger partial charge < -0.3 is 30.5 Å². The number of aromatic amines is 1. The zero-order valence-corrected chi connectivity index (χ0v) is 11.4. The van der Waals surface area contributed by atoms with Gasteiger partial charge in [0.2, 0.25) is 10.7 Å². The van der Waals surface area contributed by atoms with E-state index in [4.69, 9.17) is 0 Å². The zero-order valence-electron chi connectivity index (χ0n) is 9.08. The summed E-state index contributed by atoms with van der Waals surface area (Å²) in [5, 5.41) is 2.50. The molecule has 2 nitrogen and oxygen atoms in total. The number of thiazole rings is 1. The number of halogens is 2. The second-order valence-corrected chi connectivity index (χ2v) is 5.63. The van der Waals surface area contributed by atoms with Gasteiger partial charge in [-0.1, -0.05) is 20.8 Å². The van der Waals surface area contributed by atoms with Crippen LogP contribution in [0.5, 0.6) is 0 Å². The van der Waals surface area contributed by atoms with Crippen molar-refractivity contribution in [3.63, 3.8) is 0 Å². The minimum Gasteiger partial charge on any atom is -1.00 e. The van der Waals surface area contributed by atoms with Gasteiger partial charge in [-0.05, 0) is 16.8 Å². The number of hydrogen-bond donors (Lipinski definition) is 1. The van der Waals surface area contributed by atoms with Gasteiger partial charge in [-0.3, -0.25) is 0 Å². The summed E-state index contributed by atoms with van der Waals surface area (Å²) in [5.74, 6) is 0. The first-order valence-corrected chi connectivity index (χ1v) is 5.04. The molecule has 0 spiro atoms. The quantitative estimate of drug-likeness (QED) is 0.526. The monoisotopic (exact) mass is 256 g/mol. The molecule has 14 heavy (non-hydrogen) atoms. The van der Waals surface area contributed by atoms with Gasteiger partial charge >= 0.3 is 0 Å². The average Bonchev–Trinajstić information content (AvgIpc) is 2.07. The normalized spacial score (nSPS) is 10.4. The molecule has 0 aliphatic rings. The molecule has 0 bridgehead atoms. The van der Waals surface area contributed by atoms with Crippen LogP contribution in [0.15, 0.2) is 0 Å². The van der Waals surface area contributed by atoms with Crippen molar-refractivity contribution in [3.8, 4) is 0 Å². The molecular weight excluding hydrogens is 239 g/mol. The molecule has 0 unspecified atom stereocenters. The first-order valence-electron chi connectivity index (χ1n) is 4.22. The van der Waals surface area contributed by atoms with Crippen molar-refractivity contribution in [2.24, 2.45) is 5.41 Å². The van der Waals surface area contributed by atoms with Gasteiger partial charge in [0.05, 0.1) is 0 Å². The number of hydrogen-bond acceptors (Lipinski definition) is 1. The van der Waals surface area contributed by atoms with Crippen LogP contribution in [0.25, 0.3) is 0 Å². The van der Waals surface area contributed by atoms with Crippen molar-refractivity contribution in [2.45, 2.75) is 34.1 Å². The summed E-state index contributed by atoms with van der Waals surface area (Å²) in [4.78, 5) is 3.36. The smallest absolute Gasteiger partial charge is 0.256 e. The lowest BCUT2D eigenvalue weighted by atomic mass is 9.93. The molecule has 1 rings (SSSR count). The largest absolute Gasteiger partial charge is 1.00 e. The third kappa shape index (κ3) is 5.15. The Morgan fingerprint density at radius 3 is 2.07 bits per heavy atom. The molecule has 0 radical (unpaired) electrons. The minimum absolute atomic E-state index is 0. The van der Waals surface area contributed by atoms with E-state index < -0.39 is 0 Å². The van der Waals surface area contributed by atoms with Crippen LogP contribution in [0, 0.1) is 12.3 Å². The molecule has 0 fully saturated rings. The van der Waals surface area contributed by atoms with Crippen molar-refractivity contribution >= 4 is 16.3 Å². The van der Waals surface area contributed by atoms with Crippen LogP contribution >= 0.6 is 11.3 Å². The Bertz CT molecular complexity index is 259. The first kappa shape index (κ1) is 16.6. The van der Waals surface area contributed by atoms with Crippen molar-refractivity contribution < 1.29 is 35.5 Å². The number of aromatic nitrogens is 1. The minimum atomic E-state index is 0. The molecule has 1 heterocycles. The molecule has 1 aromatic heterocycles. The predicted molar refractivity (Wildman–Crippen MR) is 51.3 cm³/mol. The standard InChI is InChI=1S/C9H16N2S.2ClH/c1-6-8(10)12-7(11-6)5-9(2,3)4;;/h5,10H2,1-4H3;2*1H. The van der Waals surface area contributed by atoms with Crippen molar-refractivity contribution in [1.82, 2.24) is 0 Å². The maximum Gasteiger partial charge on any atom is 0.256 e. The second kappa shape index (κ2) is 5.91. The third-order valence-electron chi connectivity index (χ3n) is 1.68. The summed E-state index contributed by atoms with van der Waals surface area (Å²) >= 11 is 1.77. The second-order valence-electron chi connectivity index (χ2n) is 4.44. The Labute approximate surface area is 102 Å². The van der Waals surface area contributed by atoms with Gasteiger partial charge in [0.15, 0.2) is 0 Å². The van der Waals surface area contributed by atoms with Gasteiger partial charge in [0, 0.05) is 13.3 Å². The zero-order chi connectivity index (χ0) is 9.35. The van der Waals surface area contributed by atoms with Crippen LogP contribution in [-0.4, -0.2) is 0 Å². The van der Waals surface area contributed by atoms with E-state index in [1.807, 2.05) is 0 Å². The van der Waals surface area contributed by atoms with Crippen LogP contribution in [0.2, 0.25) is 0 Å². The highest BCUT2D eigenvalue weighted by molar-refractivity contribution is 7.14. The Balaban J connectivity index is 0. The highest BCUT2D eigenvalue weighted by Crippen LogP contribution is 2.23. The predicted octanol–water partition coefficient (Wildman–Crippen LogP) is -4.66. The Kier molecular flexibility index (Phi) is 7.00. The topological polar surface area (TPSA) is 41.8 Å². The molecule has 0 atom stereocenters. The van der Waals surface area contributed by atoms with E-state index in [-0.39, 0.29) is 24.8 Å². The van der Waals surface area contributed by atoms with Crippen LogP contribution in [0.1, 0.15) is 31.5 Å². The maximum absolute atomic E-state index is 3.96. The molecular formula is C9H18Cl2N2S. The van der Waals surface area contributed by atoms with E-state index in [0.717, 1.165) is 11.4 Å². The molecule has 4 N–H and O–H groups in total. The molecule has 1 aromatic rings. The fourth-order valence-electron chi connectivity index (χ4n) is 1.09. The number of H-pyrrole nitrogens is 1. The van der Waals surface area contributed by atoms with E-state index in [0.29, 0.717) is 5.41 Å². The Morgan fingerprint density at radius 2 is 1.79 bits per heavy atom. The maximum atomic E-state index is 3.96. The van der Waals surface area contributed by atoms with E-state index in [1.165, 1.54) is 10.7 Å². The first-order chi connectivity index (χ1) is 5.38. The average molecular weight is 257 g/mol. The SMILES string of the molecule is Cc1[nH+]c(CC(C)(C)C)sc1[NH3+].[Cl-].[Cl-]. The fourth-order valence-corrected chi connectivity index (χ4v) is 2.30. The van der Waals surface area contributed by atoms with Crippen LogP contribution in [0.3, 0.4) is 0 Å². The number of rotatable bonds is 1. The van der Waals surface area contributed by atoms with E-state index in [2.05, 4.69) is 38.4 Å². The summed E-state index contributed by atoms with van der Waals surface area (Å²) in [6, 6.07) is 0. The Hall–Kier alpha value is 0.170. The summed E-state index contributed by atoms with van der Waals surface area (Å²) in [6.07, 6.45) is 1.11. The lowest BCUT2D eigenvalue weighted by molar-refractivity contribution is -0.400. The molecule has 0 aliphatic heterocycles. The number of quaternary nitrogens is 1. The van der Waals surface area contributed by atoms with Crippen LogP contribution in [0.4, 0.5) is 5.00 Å². The molecule has 0 saturated heterocycles. The van der Waals surface area contributed by atoms with Gasteiger partial charge in [-0.2, -0.15) is 4.98 Å². The molecule has 0 aromatic carbocycles. The van der Waals surface area contributed by atoms with E-state index >= 15 is 0 Å². The van der Waals surface area contributed by atoms with Gasteiger partial charge in [-0.15, -0.1) is 0 Å². The highest BCUT2D eigenvalue weighted by Gasteiger charge is 2.21. The number of nitrogens with one attached hydrogen (secondary N) is 1. The fraction of sp³-hybridized carbons (Fsp3) is 0.667. The van der Waals surface area contributed by atoms with Gasteiger partial charge in [-0.25, -0.2) is 0 Å². The lowest BCUT2D eigenvalue weighted by Gasteiger charge is -2.12. The summed E-state index contributed by atoms with van der Waals surface area (Å²) in [7, 11) is 0. The molecule has 0 aliphatic carbocycles. The van der Waals surface area contributed by atoms with Crippen LogP contribution < -0.4 is 35.5 Å². The van der Waals surface area contributed by atoms with Gasteiger partial charge in [0.25, 0.3) is 5.00 Å². The van der Waals surface area contributed by atoms with Gasteiger partial charge in [0.1, 0.15) is 0 Å². The molecule has 5 heteroatoms. The van der Waals surface area contributed by atoms with E-state index in [9.17, 15) is 0 Å². The highest BCUT2D eigenvalue weighted by atomic mass is 35.5. The van der Waals surface area contributed by atoms with Crippen molar-refractivity contribution in [1.29, 1.82) is 0 Å². The van der Waals surface area contributed by atoms with E-state index in [1.54, 1.807) is 11.3 Å². The molecule has 84 valence electrons. The lowest BCUT2D eigenvalue weighted by Crippen LogP contribution is -3.00. The van der Waals surface area contributed by atoms with Crippen LogP contribution in [-0.2, 0) is 6.42 Å². The van der Waals surface area contributed by atoms with Crippen molar-refractivity contribution in [3.05, 3.63) is 10.7 Å². The summed E-state index contributed by atoms with van der Waals surface area (Å²) < 4.78 is 0. The Morgan fingerprint density at radius 1 is 1.29 bits per heavy atom. The summed E-state index contributed by atoms with van der Waals surface area (Å²) in [6.45, 7) is 8.82. The number of aryl methyl sites for hydroxylation is 1. The summed E-state index contributed by atoms with van der Waals surface area (Å²) in [5.41, 5.74) is 5.53. The molecule has 0 saturated carbocycles. The molecule has 0 amide bonds. The van der Waals surface area contributed by atoms with Crippen molar-refractivity contribution in [2.75, 3.05) is 0 Å². The third-order valence-corrected chi connectivity index (χ3v) is 2.73.